The zero-order valence-corrected chi connectivity index (χ0v) is 14.0. The topological polar surface area (TPSA) is 39.7 Å². The highest BCUT2D eigenvalue weighted by atomic mass is 19.1. The summed E-state index contributed by atoms with van der Waals surface area (Å²) in [5.74, 6) is 4.16. The quantitative estimate of drug-likeness (QED) is 0.913. The molecule has 1 N–H and O–H groups in total. The third-order valence-corrected chi connectivity index (χ3v) is 5.78. The van der Waals surface area contributed by atoms with Crippen LogP contribution in [0.2, 0.25) is 0 Å². The van der Waals surface area contributed by atoms with Crippen LogP contribution in [0.5, 0.6) is 17.2 Å². The number of nitrogens with one attached hydrogen (secondary N) is 1. The predicted octanol–water partition coefficient (Wildman–Crippen LogP) is 3.55. The fraction of sp³-hybridized carbons (Fsp3) is 0.684. The van der Waals surface area contributed by atoms with Crippen molar-refractivity contribution in [2.75, 3.05) is 26.5 Å². The van der Waals surface area contributed by atoms with E-state index in [1.54, 1.807) is 0 Å². The minimum atomic E-state index is -0.578. The number of hydrogen-bond donors (Lipinski definition) is 1. The Morgan fingerprint density at radius 1 is 1.08 bits per heavy atom. The molecule has 1 unspecified atom stereocenters. The maximum atomic E-state index is 13.4. The van der Waals surface area contributed by atoms with E-state index in [1.165, 1.54) is 6.42 Å². The van der Waals surface area contributed by atoms with Gasteiger partial charge in [0.1, 0.15) is 11.9 Å². The molecule has 2 fully saturated rings. The fourth-order valence-corrected chi connectivity index (χ4v) is 4.42. The summed E-state index contributed by atoms with van der Waals surface area (Å²) in [4.78, 5) is 0. The Kier molecular flexibility index (Phi) is 4.79. The molecule has 0 radical (unpaired) electrons. The van der Waals surface area contributed by atoms with E-state index < -0.39 is 6.17 Å². The summed E-state index contributed by atoms with van der Waals surface area (Å²) < 4.78 is 30.2. The molecular formula is C19H26FNO3. The van der Waals surface area contributed by atoms with Crippen LogP contribution in [0, 0.1) is 17.8 Å². The molecular weight excluding hydrogens is 309 g/mol. The summed E-state index contributed by atoms with van der Waals surface area (Å²) in [6, 6.07) is 5.74. The van der Waals surface area contributed by atoms with Crippen LogP contribution in [-0.2, 0) is 0 Å². The SMILES string of the molecule is FC1CCC(C2CCNC[C@H]2COc2ccc3c(c2)OCO3)CC1. The Morgan fingerprint density at radius 2 is 1.92 bits per heavy atom. The first-order chi connectivity index (χ1) is 11.8. The van der Waals surface area contributed by atoms with E-state index in [-0.39, 0.29) is 6.79 Å². The van der Waals surface area contributed by atoms with Crippen LogP contribution >= 0.6 is 0 Å². The molecule has 0 spiro atoms. The van der Waals surface area contributed by atoms with Gasteiger partial charge >= 0.3 is 0 Å². The van der Waals surface area contributed by atoms with Gasteiger partial charge in [-0.05, 0) is 62.6 Å². The standard InChI is InChI=1S/C19H26FNO3/c20-15-3-1-13(2-4-15)17-7-8-21-10-14(17)11-22-16-5-6-18-19(9-16)24-12-23-18/h5-6,9,13-15,17,21H,1-4,7-8,10-12H2/t13?,14-,15?,17?/m0/s1. The molecule has 1 aliphatic carbocycles. The van der Waals surface area contributed by atoms with E-state index in [4.69, 9.17) is 14.2 Å². The molecule has 132 valence electrons. The van der Waals surface area contributed by atoms with Crippen LogP contribution in [0.25, 0.3) is 0 Å². The van der Waals surface area contributed by atoms with E-state index in [1.807, 2.05) is 18.2 Å². The van der Waals surface area contributed by atoms with Crippen LogP contribution in [0.1, 0.15) is 32.1 Å². The number of rotatable bonds is 4. The Balaban J connectivity index is 1.36. The molecule has 0 amide bonds. The maximum Gasteiger partial charge on any atom is 0.231 e. The Bertz CT molecular complexity index is 560. The summed E-state index contributed by atoms with van der Waals surface area (Å²) >= 11 is 0. The van der Waals surface area contributed by atoms with Crippen molar-refractivity contribution >= 4 is 0 Å². The van der Waals surface area contributed by atoms with Crippen molar-refractivity contribution in [3.63, 3.8) is 0 Å². The van der Waals surface area contributed by atoms with E-state index in [0.29, 0.717) is 24.4 Å². The molecule has 24 heavy (non-hydrogen) atoms. The highest BCUT2D eigenvalue weighted by Gasteiger charge is 2.34. The highest BCUT2D eigenvalue weighted by molar-refractivity contribution is 5.46. The monoisotopic (exact) mass is 335 g/mol. The molecule has 2 heterocycles. The van der Waals surface area contributed by atoms with Crippen molar-refractivity contribution in [1.82, 2.24) is 5.32 Å². The molecule has 0 bridgehead atoms. The molecule has 4 nitrogen and oxygen atoms in total. The summed E-state index contributed by atoms with van der Waals surface area (Å²) in [5.41, 5.74) is 0. The molecule has 2 atom stereocenters. The molecule has 3 aliphatic rings. The smallest absolute Gasteiger partial charge is 0.231 e. The molecule has 1 aromatic rings. The number of halogens is 1. The second kappa shape index (κ2) is 7.18. The van der Waals surface area contributed by atoms with Gasteiger partial charge in [-0.2, -0.15) is 0 Å². The van der Waals surface area contributed by atoms with Crippen molar-refractivity contribution in [3.05, 3.63) is 18.2 Å². The minimum absolute atomic E-state index is 0.282. The van der Waals surface area contributed by atoms with Gasteiger partial charge in [-0.3, -0.25) is 0 Å². The summed E-state index contributed by atoms with van der Waals surface area (Å²) in [6.45, 7) is 3.04. The van der Waals surface area contributed by atoms with Gasteiger partial charge in [0, 0.05) is 18.5 Å². The van der Waals surface area contributed by atoms with Gasteiger partial charge in [0.15, 0.2) is 11.5 Å². The molecule has 4 rings (SSSR count). The number of alkyl halides is 1. The van der Waals surface area contributed by atoms with Crippen LogP contribution in [-0.4, -0.2) is 32.7 Å². The van der Waals surface area contributed by atoms with Gasteiger partial charge < -0.3 is 19.5 Å². The number of benzene rings is 1. The van der Waals surface area contributed by atoms with E-state index >= 15 is 0 Å². The molecule has 2 aliphatic heterocycles. The first-order valence-electron chi connectivity index (χ1n) is 9.17. The fourth-order valence-electron chi connectivity index (χ4n) is 4.42. The summed E-state index contributed by atoms with van der Waals surface area (Å²) in [6.07, 6.45) is 4.15. The van der Waals surface area contributed by atoms with Gasteiger partial charge in [0.05, 0.1) is 6.61 Å². The molecule has 5 heteroatoms. The second-order valence-corrected chi connectivity index (χ2v) is 7.25. The van der Waals surface area contributed by atoms with Crippen LogP contribution in [0.3, 0.4) is 0 Å². The Hall–Kier alpha value is -1.49. The van der Waals surface area contributed by atoms with E-state index in [2.05, 4.69) is 5.32 Å². The maximum absolute atomic E-state index is 13.4. The number of piperidine rings is 1. The molecule has 1 aromatic carbocycles. The van der Waals surface area contributed by atoms with Gasteiger partial charge in [0.25, 0.3) is 0 Å². The number of hydrogen-bond acceptors (Lipinski definition) is 4. The Morgan fingerprint density at radius 3 is 2.79 bits per heavy atom. The first kappa shape index (κ1) is 16.0. The summed E-state index contributed by atoms with van der Waals surface area (Å²) in [7, 11) is 0. The van der Waals surface area contributed by atoms with Crippen LogP contribution in [0.15, 0.2) is 18.2 Å². The normalized spacial score (nSPS) is 32.5. The number of fused-ring (bicyclic) bond motifs is 1. The molecule has 1 saturated carbocycles. The minimum Gasteiger partial charge on any atom is -0.493 e. The average Bonchev–Trinajstić information content (AvgIpc) is 3.09. The lowest BCUT2D eigenvalue weighted by atomic mass is 9.71. The molecule has 0 aromatic heterocycles. The second-order valence-electron chi connectivity index (χ2n) is 7.25. The van der Waals surface area contributed by atoms with Crippen molar-refractivity contribution in [2.24, 2.45) is 17.8 Å². The third-order valence-electron chi connectivity index (χ3n) is 5.78. The Labute approximate surface area is 142 Å². The van der Waals surface area contributed by atoms with Crippen molar-refractivity contribution < 1.29 is 18.6 Å². The molecule has 1 saturated heterocycles. The van der Waals surface area contributed by atoms with Crippen molar-refractivity contribution in [1.29, 1.82) is 0 Å². The average molecular weight is 335 g/mol. The zero-order valence-electron chi connectivity index (χ0n) is 14.0. The lowest BCUT2D eigenvalue weighted by Crippen LogP contribution is -2.43. The zero-order chi connectivity index (χ0) is 16.4. The van der Waals surface area contributed by atoms with E-state index in [0.717, 1.165) is 56.0 Å². The summed E-state index contributed by atoms with van der Waals surface area (Å²) in [5, 5.41) is 3.49. The lowest BCUT2D eigenvalue weighted by molar-refractivity contribution is 0.0795. The van der Waals surface area contributed by atoms with Crippen LogP contribution in [0.4, 0.5) is 4.39 Å². The van der Waals surface area contributed by atoms with Gasteiger partial charge in [-0.25, -0.2) is 4.39 Å². The largest absolute Gasteiger partial charge is 0.493 e. The van der Waals surface area contributed by atoms with Gasteiger partial charge in [-0.15, -0.1) is 0 Å². The number of ether oxygens (including phenoxy) is 3. The van der Waals surface area contributed by atoms with Gasteiger partial charge in [0.2, 0.25) is 6.79 Å². The van der Waals surface area contributed by atoms with Crippen LogP contribution < -0.4 is 19.5 Å². The first-order valence-corrected chi connectivity index (χ1v) is 9.17. The third kappa shape index (κ3) is 3.46. The van der Waals surface area contributed by atoms with Gasteiger partial charge in [-0.1, -0.05) is 0 Å². The van der Waals surface area contributed by atoms with Crippen molar-refractivity contribution in [2.45, 2.75) is 38.3 Å². The van der Waals surface area contributed by atoms with E-state index in [9.17, 15) is 4.39 Å². The van der Waals surface area contributed by atoms with Crippen molar-refractivity contribution in [3.8, 4) is 17.2 Å². The predicted molar refractivity (Wildman–Crippen MR) is 89.4 cm³/mol. The highest BCUT2D eigenvalue weighted by Crippen LogP contribution is 2.39. The lowest BCUT2D eigenvalue weighted by Gasteiger charge is -2.39.